The average molecular weight is 319 g/mol. The van der Waals surface area contributed by atoms with E-state index >= 15 is 0 Å². The molecule has 126 valence electrons. The summed E-state index contributed by atoms with van der Waals surface area (Å²) in [5.41, 5.74) is 0.679. The third-order valence-corrected chi connectivity index (χ3v) is 4.58. The van der Waals surface area contributed by atoms with Crippen molar-refractivity contribution in [3.63, 3.8) is 0 Å². The van der Waals surface area contributed by atoms with Crippen LogP contribution in [-0.2, 0) is 9.53 Å². The molecule has 7 nitrogen and oxygen atoms in total. The SMILES string of the molecule is CCC(C)C1Nc2ncnc(N3CC(C)OC(C)C3)c2NC1=O. The molecule has 1 amide bonds. The minimum absolute atomic E-state index is 0.0164. The van der Waals surface area contributed by atoms with Crippen molar-refractivity contribution in [1.82, 2.24) is 9.97 Å². The van der Waals surface area contributed by atoms with E-state index in [0.29, 0.717) is 11.5 Å². The number of nitrogens with one attached hydrogen (secondary N) is 2. The summed E-state index contributed by atoms with van der Waals surface area (Å²) in [6.07, 6.45) is 2.74. The van der Waals surface area contributed by atoms with Crippen LogP contribution in [-0.4, -0.2) is 47.2 Å². The molecule has 0 aromatic carbocycles. The fourth-order valence-electron chi connectivity index (χ4n) is 3.24. The summed E-state index contributed by atoms with van der Waals surface area (Å²) < 4.78 is 5.78. The summed E-state index contributed by atoms with van der Waals surface area (Å²) in [7, 11) is 0. The van der Waals surface area contributed by atoms with Crippen molar-refractivity contribution >= 4 is 23.2 Å². The highest BCUT2D eigenvalue weighted by Crippen LogP contribution is 2.35. The third-order valence-electron chi connectivity index (χ3n) is 4.58. The molecule has 0 spiro atoms. The van der Waals surface area contributed by atoms with Gasteiger partial charge in [-0.05, 0) is 19.8 Å². The zero-order valence-electron chi connectivity index (χ0n) is 14.2. The molecule has 3 heterocycles. The van der Waals surface area contributed by atoms with Crippen molar-refractivity contribution < 1.29 is 9.53 Å². The van der Waals surface area contributed by atoms with Crippen molar-refractivity contribution in [3.05, 3.63) is 6.33 Å². The number of nitrogens with zero attached hydrogens (tertiary/aromatic N) is 3. The normalized spacial score (nSPS) is 28.6. The first-order chi connectivity index (χ1) is 11.0. The molecule has 0 bridgehead atoms. The molecule has 1 saturated heterocycles. The van der Waals surface area contributed by atoms with Gasteiger partial charge in [-0.15, -0.1) is 0 Å². The topological polar surface area (TPSA) is 79.4 Å². The molecule has 2 N–H and O–H groups in total. The van der Waals surface area contributed by atoms with Gasteiger partial charge in [0.15, 0.2) is 11.6 Å². The monoisotopic (exact) mass is 319 g/mol. The summed E-state index contributed by atoms with van der Waals surface area (Å²) in [4.78, 5) is 23.3. The lowest BCUT2D eigenvalue weighted by Crippen LogP contribution is -2.48. The summed E-state index contributed by atoms with van der Waals surface area (Å²) in [5, 5.41) is 6.29. The van der Waals surface area contributed by atoms with Gasteiger partial charge in [0, 0.05) is 13.1 Å². The van der Waals surface area contributed by atoms with E-state index in [9.17, 15) is 4.79 Å². The minimum atomic E-state index is -0.252. The van der Waals surface area contributed by atoms with Crippen molar-refractivity contribution in [2.45, 2.75) is 52.4 Å². The Morgan fingerprint density at radius 3 is 2.70 bits per heavy atom. The zero-order chi connectivity index (χ0) is 16.6. The Bertz CT molecular complexity index is 584. The van der Waals surface area contributed by atoms with Gasteiger partial charge in [-0.1, -0.05) is 20.3 Å². The lowest BCUT2D eigenvalue weighted by atomic mass is 9.97. The maximum Gasteiger partial charge on any atom is 0.247 e. The first kappa shape index (κ1) is 16.0. The second kappa shape index (κ2) is 6.31. The predicted octanol–water partition coefficient (Wildman–Crippen LogP) is 1.87. The number of hydrogen-bond donors (Lipinski definition) is 2. The molecular formula is C16H25N5O2. The number of hydrogen-bond acceptors (Lipinski definition) is 6. The van der Waals surface area contributed by atoms with Crippen molar-refractivity contribution in [1.29, 1.82) is 0 Å². The van der Waals surface area contributed by atoms with Gasteiger partial charge >= 0.3 is 0 Å². The van der Waals surface area contributed by atoms with Crippen LogP contribution < -0.4 is 15.5 Å². The molecule has 0 radical (unpaired) electrons. The highest BCUT2D eigenvalue weighted by molar-refractivity contribution is 6.05. The Morgan fingerprint density at radius 1 is 1.35 bits per heavy atom. The predicted molar refractivity (Wildman–Crippen MR) is 89.7 cm³/mol. The standard InChI is InChI=1S/C16H25N5O2/c1-5-9(2)12-16(22)20-13-14(19-12)17-8-18-15(13)21-6-10(3)23-11(4)7-21/h8-12H,5-7H2,1-4H3,(H,20,22)(H,17,18,19). The highest BCUT2D eigenvalue weighted by Gasteiger charge is 2.34. The second-order valence-corrected chi connectivity index (χ2v) is 6.58. The van der Waals surface area contributed by atoms with Gasteiger partial charge in [0.1, 0.15) is 18.1 Å². The molecule has 23 heavy (non-hydrogen) atoms. The maximum absolute atomic E-state index is 12.4. The Kier molecular flexibility index (Phi) is 4.39. The number of fused-ring (bicyclic) bond motifs is 1. The van der Waals surface area contributed by atoms with Crippen LogP contribution in [0.5, 0.6) is 0 Å². The van der Waals surface area contributed by atoms with E-state index in [1.165, 1.54) is 0 Å². The molecular weight excluding hydrogens is 294 g/mol. The van der Waals surface area contributed by atoms with Gasteiger partial charge < -0.3 is 20.3 Å². The Labute approximate surface area is 136 Å². The molecule has 1 fully saturated rings. The smallest absolute Gasteiger partial charge is 0.247 e. The van der Waals surface area contributed by atoms with Crippen LogP contribution >= 0.6 is 0 Å². The van der Waals surface area contributed by atoms with Crippen LogP contribution in [0.15, 0.2) is 6.33 Å². The molecule has 1 aromatic heterocycles. The number of morpholine rings is 1. The lowest BCUT2D eigenvalue weighted by Gasteiger charge is -2.38. The number of anilines is 3. The molecule has 4 atom stereocenters. The maximum atomic E-state index is 12.4. The first-order valence-corrected chi connectivity index (χ1v) is 8.32. The van der Waals surface area contributed by atoms with E-state index in [1.807, 2.05) is 13.8 Å². The van der Waals surface area contributed by atoms with E-state index in [0.717, 1.165) is 25.3 Å². The molecule has 1 aromatic rings. The molecule has 7 heteroatoms. The summed E-state index contributed by atoms with van der Waals surface area (Å²) >= 11 is 0. The number of aromatic nitrogens is 2. The van der Waals surface area contributed by atoms with Crippen molar-refractivity contribution in [3.8, 4) is 0 Å². The van der Waals surface area contributed by atoms with E-state index < -0.39 is 0 Å². The number of ether oxygens (including phenoxy) is 1. The number of rotatable bonds is 3. The molecule has 3 rings (SSSR count). The van der Waals surface area contributed by atoms with E-state index in [-0.39, 0.29) is 30.1 Å². The van der Waals surface area contributed by atoms with Gasteiger partial charge in [-0.3, -0.25) is 4.79 Å². The second-order valence-electron chi connectivity index (χ2n) is 6.58. The van der Waals surface area contributed by atoms with Crippen molar-refractivity contribution in [2.75, 3.05) is 28.6 Å². The van der Waals surface area contributed by atoms with E-state index in [2.05, 4.69) is 39.3 Å². The van der Waals surface area contributed by atoms with E-state index in [1.54, 1.807) is 6.33 Å². The van der Waals surface area contributed by atoms with Crippen LogP contribution in [0.4, 0.5) is 17.3 Å². The van der Waals surface area contributed by atoms with Gasteiger partial charge in [0.2, 0.25) is 5.91 Å². The fourth-order valence-corrected chi connectivity index (χ4v) is 3.24. The summed E-state index contributed by atoms with van der Waals surface area (Å²) in [6.45, 7) is 9.74. The fraction of sp³-hybridized carbons (Fsp3) is 0.688. The van der Waals surface area contributed by atoms with Crippen LogP contribution in [0.2, 0.25) is 0 Å². The summed E-state index contributed by atoms with van der Waals surface area (Å²) in [5.74, 6) is 1.69. The van der Waals surface area contributed by atoms with Crippen LogP contribution in [0.25, 0.3) is 0 Å². The number of carbonyl (C=O) groups is 1. The van der Waals surface area contributed by atoms with Gasteiger partial charge in [0.05, 0.1) is 12.2 Å². The molecule has 4 unspecified atom stereocenters. The largest absolute Gasteiger partial charge is 0.372 e. The third kappa shape index (κ3) is 3.10. The zero-order valence-corrected chi connectivity index (χ0v) is 14.2. The van der Waals surface area contributed by atoms with Gasteiger partial charge in [-0.2, -0.15) is 0 Å². The highest BCUT2D eigenvalue weighted by atomic mass is 16.5. The van der Waals surface area contributed by atoms with Crippen LogP contribution in [0.1, 0.15) is 34.1 Å². The average Bonchev–Trinajstić information content (AvgIpc) is 2.52. The molecule has 2 aliphatic heterocycles. The molecule has 0 aliphatic carbocycles. The molecule has 0 saturated carbocycles. The van der Waals surface area contributed by atoms with Crippen LogP contribution in [0, 0.1) is 5.92 Å². The minimum Gasteiger partial charge on any atom is -0.372 e. The van der Waals surface area contributed by atoms with Crippen molar-refractivity contribution in [2.24, 2.45) is 5.92 Å². The van der Waals surface area contributed by atoms with Gasteiger partial charge in [0.25, 0.3) is 0 Å². The molecule has 2 aliphatic rings. The van der Waals surface area contributed by atoms with Gasteiger partial charge in [-0.25, -0.2) is 9.97 Å². The number of amides is 1. The number of carbonyl (C=O) groups excluding carboxylic acids is 1. The first-order valence-electron chi connectivity index (χ1n) is 8.32. The lowest BCUT2D eigenvalue weighted by molar-refractivity contribution is -0.118. The summed E-state index contributed by atoms with van der Waals surface area (Å²) in [6, 6.07) is -0.252. The Hall–Kier alpha value is -1.89. The quantitative estimate of drug-likeness (QED) is 0.885. The van der Waals surface area contributed by atoms with Crippen LogP contribution in [0.3, 0.4) is 0 Å². The Morgan fingerprint density at radius 2 is 2.04 bits per heavy atom. The van der Waals surface area contributed by atoms with E-state index in [4.69, 9.17) is 4.74 Å². The Balaban J connectivity index is 1.90.